The Labute approximate surface area is 202 Å². The van der Waals surface area contributed by atoms with Crippen LogP contribution in [0.3, 0.4) is 0 Å². The second kappa shape index (κ2) is 10.1. The number of rotatable bonds is 4. The molecule has 0 bridgehead atoms. The lowest BCUT2D eigenvalue weighted by Gasteiger charge is -2.23. The summed E-state index contributed by atoms with van der Waals surface area (Å²) in [6.07, 6.45) is 7.52. The van der Waals surface area contributed by atoms with E-state index in [0.29, 0.717) is 23.8 Å². The quantitative estimate of drug-likeness (QED) is 0.437. The number of nitrogens with one attached hydrogen (secondary N) is 2. The number of carbonyl (C=O) groups excluding carboxylic acids is 1. The summed E-state index contributed by atoms with van der Waals surface area (Å²) in [5.41, 5.74) is 3.78. The van der Waals surface area contributed by atoms with Crippen LogP contribution >= 0.6 is 0 Å². The molecule has 1 atom stereocenters. The van der Waals surface area contributed by atoms with Gasteiger partial charge in [-0.3, -0.25) is 9.52 Å². The first kappa shape index (κ1) is 22.1. The van der Waals surface area contributed by atoms with Crippen molar-refractivity contribution >= 4 is 23.2 Å². The van der Waals surface area contributed by atoms with Crippen LogP contribution in [0.4, 0.5) is 22.0 Å². The molecule has 1 saturated heterocycles. The number of amides is 2. The number of benzene rings is 2. The number of carbonyl (C=O) groups is 1. The van der Waals surface area contributed by atoms with Crippen molar-refractivity contribution in [1.82, 2.24) is 24.8 Å². The first-order valence-electron chi connectivity index (χ1n) is 11.1. The first-order chi connectivity index (χ1) is 17.1. The lowest BCUT2D eigenvalue weighted by atomic mass is 10.1. The van der Waals surface area contributed by atoms with E-state index in [2.05, 4.69) is 37.5 Å². The second-order valence-electron chi connectivity index (χ2n) is 7.95. The van der Waals surface area contributed by atoms with Crippen LogP contribution in [0.1, 0.15) is 29.3 Å². The first-order valence-corrected chi connectivity index (χ1v) is 11.1. The van der Waals surface area contributed by atoms with Crippen LogP contribution in [0.25, 0.3) is 0 Å². The highest BCUT2D eigenvalue weighted by Crippen LogP contribution is 2.30. The molecule has 5 rings (SSSR count). The molecule has 2 N–H and O–H groups in total. The third-order valence-electron chi connectivity index (χ3n) is 5.37. The molecule has 2 amide bonds. The summed E-state index contributed by atoms with van der Waals surface area (Å²) in [6, 6.07) is 16.8. The molecule has 9 nitrogen and oxygen atoms in total. The Hall–Kier alpha value is -4.68. The summed E-state index contributed by atoms with van der Waals surface area (Å²) in [5, 5.41) is 11.5. The van der Waals surface area contributed by atoms with E-state index in [1.165, 1.54) is 5.06 Å². The minimum Gasteiger partial charge on any atom is -0.336 e. The van der Waals surface area contributed by atoms with E-state index in [9.17, 15) is 4.79 Å². The summed E-state index contributed by atoms with van der Waals surface area (Å²) in [6.45, 7) is 0.496. The van der Waals surface area contributed by atoms with Crippen molar-refractivity contribution in [2.45, 2.75) is 12.5 Å². The summed E-state index contributed by atoms with van der Waals surface area (Å²) in [7, 11) is 1.84. The Kier molecular flexibility index (Phi) is 6.37. The lowest BCUT2D eigenvalue weighted by Crippen LogP contribution is -2.33. The number of aromatic nitrogens is 4. The van der Waals surface area contributed by atoms with E-state index >= 15 is 0 Å². The number of hydrogen-bond acceptors (Lipinski definition) is 6. The number of nitrogens with zero attached hydrogens (tertiary/aromatic N) is 5. The minimum absolute atomic E-state index is 0.117. The van der Waals surface area contributed by atoms with Crippen LogP contribution in [-0.2, 0) is 11.9 Å². The van der Waals surface area contributed by atoms with Crippen molar-refractivity contribution in [3.8, 4) is 11.8 Å². The molecule has 174 valence electrons. The van der Waals surface area contributed by atoms with Gasteiger partial charge >= 0.3 is 6.03 Å². The van der Waals surface area contributed by atoms with Gasteiger partial charge in [0.25, 0.3) is 0 Å². The maximum Gasteiger partial charge on any atom is 0.346 e. The highest BCUT2D eigenvalue weighted by molar-refractivity contribution is 5.89. The Morgan fingerprint density at radius 3 is 2.69 bits per heavy atom. The molecule has 1 fully saturated rings. The number of hydroxylamine groups is 2. The van der Waals surface area contributed by atoms with Gasteiger partial charge < -0.3 is 10.6 Å². The fourth-order valence-corrected chi connectivity index (χ4v) is 3.73. The predicted octanol–water partition coefficient (Wildman–Crippen LogP) is 4.26. The zero-order valence-electron chi connectivity index (χ0n) is 19.0. The maximum atomic E-state index is 12.9. The molecule has 2 aromatic carbocycles. The topological polar surface area (TPSA) is 97.2 Å². The van der Waals surface area contributed by atoms with Gasteiger partial charge in [0.1, 0.15) is 11.5 Å². The van der Waals surface area contributed by atoms with Crippen molar-refractivity contribution < 1.29 is 9.63 Å². The second-order valence-corrected chi connectivity index (χ2v) is 7.95. The molecule has 9 heteroatoms. The molecule has 0 radical (unpaired) electrons. The molecule has 0 aliphatic carbocycles. The van der Waals surface area contributed by atoms with E-state index in [0.717, 1.165) is 23.2 Å². The smallest absolute Gasteiger partial charge is 0.336 e. The Balaban J connectivity index is 1.23. The Morgan fingerprint density at radius 1 is 1.03 bits per heavy atom. The molecular formula is C26H23N7O2. The number of hydrogen-bond donors (Lipinski definition) is 2. The number of aryl methyl sites for hydroxylation is 1. The zero-order chi connectivity index (χ0) is 24.0. The monoisotopic (exact) mass is 465 g/mol. The molecule has 2 aromatic heterocycles. The molecule has 4 aromatic rings. The van der Waals surface area contributed by atoms with Gasteiger partial charge in [-0.25, -0.2) is 14.8 Å². The van der Waals surface area contributed by atoms with Gasteiger partial charge in [0.15, 0.2) is 0 Å². The molecule has 3 heterocycles. The van der Waals surface area contributed by atoms with Gasteiger partial charge in [0, 0.05) is 30.9 Å². The van der Waals surface area contributed by atoms with Gasteiger partial charge in [-0.2, -0.15) is 10.2 Å². The van der Waals surface area contributed by atoms with Gasteiger partial charge in [-0.15, -0.1) is 0 Å². The van der Waals surface area contributed by atoms with Crippen LogP contribution in [-0.4, -0.2) is 37.4 Å². The van der Waals surface area contributed by atoms with Crippen LogP contribution in [0.2, 0.25) is 0 Å². The number of urea groups is 1. The van der Waals surface area contributed by atoms with E-state index in [-0.39, 0.29) is 12.1 Å². The SMILES string of the molecule is Cn1cc(Nc2cnc(C#Cc3cccc(NC(=O)N4OCC[C@H]4c4ccccc4)c3)cn2)cn1. The van der Waals surface area contributed by atoms with Crippen molar-refractivity contribution in [2.75, 3.05) is 17.2 Å². The molecule has 1 aliphatic heterocycles. The van der Waals surface area contributed by atoms with Crippen LogP contribution < -0.4 is 10.6 Å². The van der Waals surface area contributed by atoms with E-state index in [1.54, 1.807) is 23.3 Å². The minimum atomic E-state index is -0.316. The normalized spacial score (nSPS) is 14.8. The lowest BCUT2D eigenvalue weighted by molar-refractivity contribution is -0.0829. The third-order valence-corrected chi connectivity index (χ3v) is 5.37. The molecular weight excluding hydrogens is 442 g/mol. The maximum absolute atomic E-state index is 12.9. The van der Waals surface area contributed by atoms with Crippen LogP contribution in [0.15, 0.2) is 79.4 Å². The van der Waals surface area contributed by atoms with Gasteiger partial charge in [0.2, 0.25) is 0 Å². The average Bonchev–Trinajstić information content (AvgIpc) is 3.54. The van der Waals surface area contributed by atoms with Gasteiger partial charge in [-0.05, 0) is 29.7 Å². The number of anilines is 3. The highest BCUT2D eigenvalue weighted by Gasteiger charge is 2.31. The zero-order valence-corrected chi connectivity index (χ0v) is 19.0. The van der Waals surface area contributed by atoms with E-state index in [4.69, 9.17) is 4.84 Å². The third kappa shape index (κ3) is 5.46. The fourth-order valence-electron chi connectivity index (χ4n) is 3.73. The molecule has 0 saturated carbocycles. The van der Waals surface area contributed by atoms with Crippen molar-refractivity contribution in [2.24, 2.45) is 7.05 Å². The molecule has 0 spiro atoms. The largest absolute Gasteiger partial charge is 0.346 e. The molecule has 35 heavy (non-hydrogen) atoms. The van der Waals surface area contributed by atoms with Crippen molar-refractivity contribution in [3.63, 3.8) is 0 Å². The Morgan fingerprint density at radius 2 is 1.91 bits per heavy atom. The van der Waals surface area contributed by atoms with Gasteiger partial charge in [-0.1, -0.05) is 42.3 Å². The van der Waals surface area contributed by atoms with Crippen LogP contribution in [0, 0.1) is 11.8 Å². The summed E-state index contributed by atoms with van der Waals surface area (Å²) >= 11 is 0. The summed E-state index contributed by atoms with van der Waals surface area (Å²) in [5.74, 6) is 6.68. The van der Waals surface area contributed by atoms with Gasteiger partial charge in [0.05, 0.1) is 36.9 Å². The fraction of sp³-hybridized carbons (Fsp3) is 0.154. The Bertz CT molecular complexity index is 1370. The van der Waals surface area contributed by atoms with Crippen molar-refractivity contribution in [3.05, 3.63) is 96.2 Å². The standard InChI is InChI=1S/C26H23N7O2/c1-32-18-23(16-29-32)30-25-17-27-22(15-28-25)11-10-19-6-5-9-21(14-19)31-26(34)33-24(12-13-35-33)20-7-3-2-4-8-20/h2-9,14-18,24H,12-13H2,1H3,(H,28,30)(H,31,34)/t24-/m0/s1. The average molecular weight is 466 g/mol. The van der Waals surface area contributed by atoms with E-state index in [1.807, 2.05) is 67.8 Å². The van der Waals surface area contributed by atoms with E-state index < -0.39 is 0 Å². The molecule has 0 unspecified atom stereocenters. The summed E-state index contributed by atoms with van der Waals surface area (Å²) in [4.78, 5) is 27.2. The van der Waals surface area contributed by atoms with Crippen molar-refractivity contribution in [1.29, 1.82) is 0 Å². The molecule has 1 aliphatic rings. The highest BCUT2D eigenvalue weighted by atomic mass is 16.7. The summed E-state index contributed by atoms with van der Waals surface area (Å²) < 4.78 is 1.70. The predicted molar refractivity (Wildman–Crippen MR) is 132 cm³/mol. The van der Waals surface area contributed by atoms with Crippen LogP contribution in [0.5, 0.6) is 0 Å².